The lowest BCUT2D eigenvalue weighted by Crippen LogP contribution is -2.55. The fraction of sp³-hybridized carbons (Fsp3) is 0.256. The Morgan fingerprint density at radius 3 is 2.26 bits per heavy atom. The molecule has 0 aliphatic carbocycles. The molecule has 2 heterocycles. The van der Waals surface area contributed by atoms with Gasteiger partial charge in [-0.1, -0.05) is 78.9 Å². The zero-order chi connectivity index (χ0) is 32.4. The number of amides is 2. The molecule has 1 unspecified atom stereocenters. The Morgan fingerprint density at radius 1 is 0.872 bits per heavy atom. The summed E-state index contributed by atoms with van der Waals surface area (Å²) in [5, 5.41) is 8.22. The number of hydrogen-bond acceptors (Lipinski definition) is 6. The van der Waals surface area contributed by atoms with Crippen LogP contribution >= 0.6 is 0 Å². The normalized spacial score (nSPS) is 15.3. The van der Waals surface area contributed by atoms with Gasteiger partial charge in [0.1, 0.15) is 11.6 Å². The third kappa shape index (κ3) is 7.96. The lowest BCUT2D eigenvalue weighted by Gasteiger charge is -2.40. The van der Waals surface area contributed by atoms with Gasteiger partial charge in [0, 0.05) is 42.2 Å². The molecule has 4 N–H and O–H groups in total. The lowest BCUT2D eigenvalue weighted by atomic mass is 9.83. The van der Waals surface area contributed by atoms with Crippen molar-refractivity contribution in [2.45, 2.75) is 43.7 Å². The Balaban J connectivity index is 1.22. The molecule has 0 spiro atoms. The molecule has 5 aromatic rings. The molecule has 8 heteroatoms. The maximum Gasteiger partial charge on any atom is 0.240 e. The van der Waals surface area contributed by atoms with E-state index in [2.05, 4.69) is 39.9 Å². The average Bonchev–Trinajstić information content (AvgIpc) is 3.11. The first kappa shape index (κ1) is 31.8. The fourth-order valence-corrected chi connectivity index (χ4v) is 6.53. The van der Waals surface area contributed by atoms with Crippen LogP contribution in [0.2, 0.25) is 0 Å². The number of anilines is 2. The number of benzene rings is 4. The number of ether oxygens (including phenoxy) is 1. The highest BCUT2D eigenvalue weighted by Crippen LogP contribution is 2.32. The minimum absolute atomic E-state index is 0.00593. The van der Waals surface area contributed by atoms with Gasteiger partial charge < -0.3 is 20.7 Å². The van der Waals surface area contributed by atoms with Crippen LogP contribution in [0.1, 0.15) is 42.7 Å². The summed E-state index contributed by atoms with van der Waals surface area (Å²) >= 11 is 0. The van der Waals surface area contributed by atoms with Gasteiger partial charge in [0.15, 0.2) is 0 Å². The number of nitrogens with two attached hydrogens (primary N) is 1. The van der Waals surface area contributed by atoms with E-state index in [-0.39, 0.29) is 30.3 Å². The number of likely N-dealkylation sites (tertiary alicyclic amines) is 1. The Morgan fingerprint density at radius 2 is 1.55 bits per heavy atom. The quantitative estimate of drug-likeness (QED) is 0.148. The van der Waals surface area contributed by atoms with Crippen LogP contribution in [0, 0.1) is 0 Å². The zero-order valence-corrected chi connectivity index (χ0v) is 26.4. The van der Waals surface area contributed by atoms with Gasteiger partial charge in [0.25, 0.3) is 0 Å². The molecule has 2 atom stereocenters. The van der Waals surface area contributed by atoms with Crippen LogP contribution in [0.3, 0.4) is 0 Å². The number of carbonyl (C=O) groups excluding carboxylic acids is 2. The summed E-state index contributed by atoms with van der Waals surface area (Å²) in [7, 11) is 0. The fourth-order valence-electron chi connectivity index (χ4n) is 6.53. The zero-order valence-electron chi connectivity index (χ0n) is 26.4. The van der Waals surface area contributed by atoms with E-state index in [1.165, 1.54) is 0 Å². The Kier molecular flexibility index (Phi) is 10.4. The summed E-state index contributed by atoms with van der Waals surface area (Å²) in [4.78, 5) is 34.1. The van der Waals surface area contributed by atoms with Crippen LogP contribution in [0.5, 0.6) is 5.75 Å². The molecular formula is C39H41N5O3. The van der Waals surface area contributed by atoms with Gasteiger partial charge in [-0.2, -0.15) is 0 Å². The number of nitrogens with zero attached hydrogens (tertiary/aromatic N) is 2. The predicted octanol–water partition coefficient (Wildman–Crippen LogP) is 6.40. The van der Waals surface area contributed by atoms with Crippen molar-refractivity contribution in [1.82, 2.24) is 15.2 Å². The smallest absolute Gasteiger partial charge is 0.240 e. The average molecular weight is 628 g/mol. The molecule has 1 fully saturated rings. The molecular weight excluding hydrogens is 586 g/mol. The van der Waals surface area contributed by atoms with Gasteiger partial charge in [-0.3, -0.25) is 14.9 Å². The van der Waals surface area contributed by atoms with Crippen LogP contribution in [0.15, 0.2) is 121 Å². The van der Waals surface area contributed by atoms with Gasteiger partial charge >= 0.3 is 0 Å². The molecule has 0 saturated carbocycles. The molecule has 240 valence electrons. The number of para-hydroxylation sites is 1. The number of fused-ring (bicyclic) bond motifs is 1. The van der Waals surface area contributed by atoms with E-state index in [0.29, 0.717) is 31.1 Å². The summed E-state index contributed by atoms with van der Waals surface area (Å²) in [5.41, 5.74) is 8.76. The number of aromatic nitrogens is 1. The first-order chi connectivity index (χ1) is 23.1. The van der Waals surface area contributed by atoms with E-state index >= 15 is 0 Å². The highest BCUT2D eigenvalue weighted by Gasteiger charge is 2.37. The Labute approximate surface area is 276 Å². The summed E-state index contributed by atoms with van der Waals surface area (Å²) in [6, 6.07) is 36.6. The van der Waals surface area contributed by atoms with E-state index in [1.54, 1.807) is 6.20 Å². The summed E-state index contributed by atoms with van der Waals surface area (Å²) in [6.45, 7) is 1.13. The molecule has 4 aromatic carbocycles. The standard InChI is InChI=1S/C39H41N5O3/c40-38-34-20-19-33(26-30(34)21-23-41-38)47-25-22-32-18-10-11-24-44(32)39(46)37(42-27-35(45)43-31-16-8-3-9-17-31)36(28-12-4-1-5-13-28)29-14-6-2-7-15-29/h1-9,12-17,19-21,23,26,32,36-37,42H,10-11,18,22,24-25,27H2,(H2,40,41)(H,43,45)/t32?,37-/m1/s1. The molecule has 0 radical (unpaired) electrons. The van der Waals surface area contributed by atoms with Crippen molar-refractivity contribution in [3.8, 4) is 5.75 Å². The predicted molar refractivity (Wildman–Crippen MR) is 187 cm³/mol. The number of hydrogen-bond donors (Lipinski definition) is 3. The molecule has 6 rings (SSSR count). The largest absolute Gasteiger partial charge is 0.493 e. The first-order valence-corrected chi connectivity index (χ1v) is 16.3. The van der Waals surface area contributed by atoms with Gasteiger partial charge in [-0.25, -0.2) is 4.98 Å². The molecule has 1 aliphatic rings. The van der Waals surface area contributed by atoms with Crippen LogP contribution in [0.25, 0.3) is 10.8 Å². The minimum atomic E-state index is -0.664. The third-order valence-corrected chi connectivity index (χ3v) is 8.85. The first-order valence-electron chi connectivity index (χ1n) is 16.3. The van der Waals surface area contributed by atoms with Gasteiger partial charge in [-0.15, -0.1) is 0 Å². The van der Waals surface area contributed by atoms with Gasteiger partial charge in [0.2, 0.25) is 11.8 Å². The van der Waals surface area contributed by atoms with E-state index in [9.17, 15) is 9.59 Å². The number of nitrogen functional groups attached to an aromatic ring is 1. The van der Waals surface area contributed by atoms with E-state index in [4.69, 9.17) is 10.5 Å². The Hall–Kier alpha value is -5.21. The van der Waals surface area contributed by atoms with Crippen LogP contribution in [-0.2, 0) is 9.59 Å². The van der Waals surface area contributed by atoms with E-state index in [0.717, 1.165) is 46.9 Å². The molecule has 8 nitrogen and oxygen atoms in total. The van der Waals surface area contributed by atoms with Crippen molar-refractivity contribution in [3.05, 3.63) is 133 Å². The summed E-state index contributed by atoms with van der Waals surface area (Å²) in [5.74, 6) is 0.746. The van der Waals surface area contributed by atoms with Crippen molar-refractivity contribution >= 4 is 34.1 Å². The number of carbonyl (C=O) groups is 2. The van der Waals surface area contributed by atoms with Crippen LogP contribution in [0.4, 0.5) is 11.5 Å². The molecule has 2 amide bonds. The van der Waals surface area contributed by atoms with E-state index in [1.807, 2.05) is 95.9 Å². The van der Waals surface area contributed by atoms with Gasteiger partial charge in [-0.05, 0) is 72.2 Å². The van der Waals surface area contributed by atoms with Crippen molar-refractivity contribution in [3.63, 3.8) is 0 Å². The third-order valence-electron chi connectivity index (χ3n) is 8.85. The lowest BCUT2D eigenvalue weighted by molar-refractivity contribution is -0.138. The number of rotatable bonds is 12. The molecule has 47 heavy (non-hydrogen) atoms. The monoisotopic (exact) mass is 627 g/mol. The molecule has 1 aliphatic heterocycles. The van der Waals surface area contributed by atoms with Crippen molar-refractivity contribution in [1.29, 1.82) is 0 Å². The van der Waals surface area contributed by atoms with Crippen molar-refractivity contribution < 1.29 is 14.3 Å². The number of nitrogens with one attached hydrogen (secondary N) is 2. The topological polar surface area (TPSA) is 110 Å². The summed E-state index contributed by atoms with van der Waals surface area (Å²) < 4.78 is 6.20. The molecule has 1 saturated heterocycles. The van der Waals surface area contributed by atoms with Crippen LogP contribution < -0.4 is 21.1 Å². The number of pyridine rings is 1. The highest BCUT2D eigenvalue weighted by molar-refractivity contribution is 5.93. The maximum absolute atomic E-state index is 14.8. The Bertz CT molecular complexity index is 1730. The second-order valence-electron chi connectivity index (χ2n) is 12.0. The van der Waals surface area contributed by atoms with Crippen LogP contribution in [-0.4, -0.2) is 53.5 Å². The van der Waals surface area contributed by atoms with Crippen molar-refractivity contribution in [2.75, 3.05) is 30.7 Å². The molecule has 1 aromatic heterocycles. The van der Waals surface area contributed by atoms with Crippen molar-refractivity contribution in [2.24, 2.45) is 0 Å². The second kappa shape index (κ2) is 15.4. The van der Waals surface area contributed by atoms with E-state index < -0.39 is 6.04 Å². The van der Waals surface area contributed by atoms with Gasteiger partial charge in [0.05, 0.1) is 19.2 Å². The number of piperidine rings is 1. The summed E-state index contributed by atoms with van der Waals surface area (Å²) in [6.07, 6.45) is 5.28. The maximum atomic E-state index is 14.8. The SMILES string of the molecule is Nc1nccc2cc(OCCC3CCCCN3C(=O)[C@H](NCC(=O)Nc3ccccc3)C(c3ccccc3)c3ccccc3)ccc12. The second-order valence-corrected chi connectivity index (χ2v) is 12.0. The minimum Gasteiger partial charge on any atom is -0.493 e. The highest BCUT2D eigenvalue weighted by atomic mass is 16.5. The molecule has 0 bridgehead atoms.